The molecule has 1 aromatic carbocycles. The molecule has 0 bridgehead atoms. The molecule has 0 aliphatic heterocycles. The molecular formula is C12H12BrF4NO2. The van der Waals surface area contributed by atoms with Crippen LogP contribution in [0.1, 0.15) is 12.5 Å². The van der Waals surface area contributed by atoms with E-state index in [1.54, 1.807) is 0 Å². The zero-order valence-corrected chi connectivity index (χ0v) is 12.2. The number of halogens is 5. The first kappa shape index (κ1) is 16.9. The molecule has 0 heterocycles. The van der Waals surface area contributed by atoms with Crippen LogP contribution in [-0.4, -0.2) is 25.8 Å². The molecular weight excluding hydrogens is 346 g/mol. The molecule has 0 spiro atoms. The van der Waals surface area contributed by atoms with Gasteiger partial charge in [-0.15, -0.1) is 0 Å². The minimum absolute atomic E-state index is 0.233. The third-order valence-electron chi connectivity index (χ3n) is 2.70. The van der Waals surface area contributed by atoms with Crippen LogP contribution in [0.2, 0.25) is 0 Å². The largest absolute Gasteiger partial charge is 0.467 e. The summed E-state index contributed by atoms with van der Waals surface area (Å²) in [5.74, 6) is -1.82. The Labute approximate surface area is 121 Å². The minimum atomic E-state index is -4.54. The normalized spacial score (nSPS) is 14.8. The maximum absolute atomic E-state index is 13.8. The van der Waals surface area contributed by atoms with Gasteiger partial charge in [-0.05, 0) is 25.1 Å². The van der Waals surface area contributed by atoms with E-state index in [9.17, 15) is 22.4 Å². The number of ether oxygens (including phenoxy) is 1. The summed E-state index contributed by atoms with van der Waals surface area (Å²) in [6, 6.07) is 3.66. The predicted octanol–water partition coefficient (Wildman–Crippen LogP) is 3.13. The molecule has 0 fully saturated rings. The molecule has 0 aromatic heterocycles. The molecule has 0 aliphatic rings. The summed E-state index contributed by atoms with van der Waals surface area (Å²) < 4.78 is 55.7. The summed E-state index contributed by atoms with van der Waals surface area (Å²) in [6.45, 7) is -0.319. The summed E-state index contributed by atoms with van der Waals surface area (Å²) in [6.07, 6.45) is -4.54. The van der Waals surface area contributed by atoms with Gasteiger partial charge >= 0.3 is 12.1 Å². The van der Waals surface area contributed by atoms with Gasteiger partial charge in [0, 0.05) is 10.0 Å². The van der Waals surface area contributed by atoms with Gasteiger partial charge in [0.25, 0.3) is 0 Å². The van der Waals surface area contributed by atoms with Crippen LogP contribution in [0.3, 0.4) is 0 Å². The van der Waals surface area contributed by atoms with Crippen LogP contribution in [0.5, 0.6) is 0 Å². The quantitative estimate of drug-likeness (QED) is 0.664. The summed E-state index contributed by atoms with van der Waals surface area (Å²) >= 11 is 3.08. The van der Waals surface area contributed by atoms with Crippen molar-refractivity contribution in [1.29, 1.82) is 0 Å². The number of hydrogen-bond donors (Lipinski definition) is 1. The molecule has 0 radical (unpaired) electrons. The van der Waals surface area contributed by atoms with E-state index in [-0.39, 0.29) is 5.56 Å². The number of carbonyl (C=O) groups excluding carboxylic acids is 1. The lowest BCUT2D eigenvalue weighted by atomic mass is 9.91. The molecule has 8 heteroatoms. The molecule has 1 unspecified atom stereocenters. The number of rotatable bonds is 4. The summed E-state index contributed by atoms with van der Waals surface area (Å²) in [4.78, 5) is 11.8. The predicted molar refractivity (Wildman–Crippen MR) is 67.5 cm³/mol. The van der Waals surface area contributed by atoms with Crippen molar-refractivity contribution in [1.82, 2.24) is 5.32 Å². The van der Waals surface area contributed by atoms with E-state index in [4.69, 9.17) is 0 Å². The second-order valence-corrected chi connectivity index (χ2v) is 5.13. The number of benzene rings is 1. The fraction of sp³-hybridized carbons (Fsp3) is 0.417. The standard InChI is InChI=1S/C12H12BrF4NO2/c1-11(10(19)20-2,18-6-12(15,16)17)8-5-7(13)3-4-9(8)14/h3-5,18H,6H2,1-2H3. The summed E-state index contributed by atoms with van der Waals surface area (Å²) in [5.41, 5.74) is -2.18. The van der Waals surface area contributed by atoms with Crippen molar-refractivity contribution in [3.8, 4) is 0 Å². The Morgan fingerprint density at radius 3 is 2.50 bits per heavy atom. The van der Waals surface area contributed by atoms with Gasteiger partial charge in [-0.25, -0.2) is 9.18 Å². The fourth-order valence-electron chi connectivity index (χ4n) is 1.64. The molecule has 20 heavy (non-hydrogen) atoms. The molecule has 112 valence electrons. The molecule has 0 amide bonds. The van der Waals surface area contributed by atoms with Gasteiger partial charge in [0.1, 0.15) is 11.4 Å². The molecule has 1 atom stereocenters. The van der Waals surface area contributed by atoms with Crippen LogP contribution in [-0.2, 0) is 15.1 Å². The fourth-order valence-corrected chi connectivity index (χ4v) is 2.00. The van der Waals surface area contributed by atoms with Crippen LogP contribution in [0.15, 0.2) is 22.7 Å². The highest BCUT2D eigenvalue weighted by molar-refractivity contribution is 9.10. The van der Waals surface area contributed by atoms with Crippen LogP contribution in [0.25, 0.3) is 0 Å². The molecule has 1 aromatic rings. The maximum Gasteiger partial charge on any atom is 0.401 e. The zero-order chi connectivity index (χ0) is 15.6. The van der Waals surface area contributed by atoms with Crippen LogP contribution >= 0.6 is 15.9 Å². The van der Waals surface area contributed by atoms with Gasteiger partial charge in [0.2, 0.25) is 0 Å². The van der Waals surface area contributed by atoms with Crippen molar-refractivity contribution in [3.05, 3.63) is 34.1 Å². The highest BCUT2D eigenvalue weighted by Crippen LogP contribution is 2.29. The Kier molecular flexibility index (Phi) is 5.15. The average Bonchev–Trinajstić information content (AvgIpc) is 2.37. The van der Waals surface area contributed by atoms with E-state index in [2.05, 4.69) is 20.7 Å². The molecule has 1 N–H and O–H groups in total. The number of methoxy groups -OCH3 is 1. The van der Waals surface area contributed by atoms with Crippen molar-refractivity contribution in [2.24, 2.45) is 0 Å². The zero-order valence-electron chi connectivity index (χ0n) is 10.6. The number of hydrogen-bond acceptors (Lipinski definition) is 3. The van der Waals surface area contributed by atoms with Gasteiger partial charge < -0.3 is 4.74 Å². The van der Waals surface area contributed by atoms with Crippen LogP contribution < -0.4 is 5.32 Å². The average molecular weight is 358 g/mol. The highest BCUT2D eigenvalue weighted by atomic mass is 79.9. The van der Waals surface area contributed by atoms with Crippen molar-refractivity contribution >= 4 is 21.9 Å². The van der Waals surface area contributed by atoms with Gasteiger partial charge in [-0.3, -0.25) is 5.32 Å². The van der Waals surface area contributed by atoms with E-state index in [0.29, 0.717) is 4.47 Å². The Bertz CT molecular complexity index is 507. The van der Waals surface area contributed by atoms with Crippen molar-refractivity contribution in [2.75, 3.05) is 13.7 Å². The van der Waals surface area contributed by atoms with E-state index < -0.39 is 30.0 Å². The highest BCUT2D eigenvalue weighted by Gasteiger charge is 2.41. The lowest BCUT2D eigenvalue weighted by Gasteiger charge is -2.29. The van der Waals surface area contributed by atoms with E-state index in [1.165, 1.54) is 12.1 Å². The first-order valence-electron chi connectivity index (χ1n) is 5.46. The van der Waals surface area contributed by atoms with Crippen molar-refractivity contribution < 1.29 is 27.1 Å². The monoisotopic (exact) mass is 357 g/mol. The van der Waals surface area contributed by atoms with Crippen LogP contribution in [0, 0.1) is 5.82 Å². The second kappa shape index (κ2) is 6.09. The van der Waals surface area contributed by atoms with Crippen molar-refractivity contribution in [3.63, 3.8) is 0 Å². The molecule has 0 saturated carbocycles. The topological polar surface area (TPSA) is 38.3 Å². The summed E-state index contributed by atoms with van der Waals surface area (Å²) in [7, 11) is 1.02. The number of carbonyl (C=O) groups is 1. The first-order valence-corrected chi connectivity index (χ1v) is 6.25. The maximum atomic E-state index is 13.8. The Morgan fingerprint density at radius 2 is 2.00 bits per heavy atom. The van der Waals surface area contributed by atoms with Gasteiger partial charge in [0.15, 0.2) is 0 Å². The van der Waals surface area contributed by atoms with Gasteiger partial charge in [0.05, 0.1) is 13.7 Å². The number of nitrogens with one attached hydrogen (secondary N) is 1. The SMILES string of the molecule is COC(=O)C(C)(NCC(F)(F)F)c1cc(Br)ccc1F. The third-order valence-corrected chi connectivity index (χ3v) is 3.20. The Morgan fingerprint density at radius 1 is 1.40 bits per heavy atom. The Balaban J connectivity index is 3.23. The molecule has 0 saturated heterocycles. The van der Waals surface area contributed by atoms with Crippen LogP contribution in [0.4, 0.5) is 17.6 Å². The second-order valence-electron chi connectivity index (χ2n) is 4.21. The Hall–Kier alpha value is -1.15. The minimum Gasteiger partial charge on any atom is -0.467 e. The molecule has 1 rings (SSSR count). The molecule has 3 nitrogen and oxygen atoms in total. The number of esters is 1. The lowest BCUT2D eigenvalue weighted by Crippen LogP contribution is -2.51. The summed E-state index contributed by atoms with van der Waals surface area (Å²) in [5, 5.41) is 2.01. The van der Waals surface area contributed by atoms with Gasteiger partial charge in [-0.2, -0.15) is 13.2 Å². The lowest BCUT2D eigenvalue weighted by molar-refractivity contribution is -0.153. The third kappa shape index (κ3) is 3.92. The van der Waals surface area contributed by atoms with E-state index in [1.807, 2.05) is 5.32 Å². The number of alkyl halides is 3. The smallest absolute Gasteiger partial charge is 0.401 e. The van der Waals surface area contributed by atoms with Gasteiger partial charge in [-0.1, -0.05) is 15.9 Å². The van der Waals surface area contributed by atoms with Crippen molar-refractivity contribution in [2.45, 2.75) is 18.6 Å². The van der Waals surface area contributed by atoms with E-state index >= 15 is 0 Å². The molecule has 0 aliphatic carbocycles. The van der Waals surface area contributed by atoms with E-state index in [0.717, 1.165) is 20.1 Å². The first-order chi connectivity index (χ1) is 9.10.